The summed E-state index contributed by atoms with van der Waals surface area (Å²) in [5.41, 5.74) is 2.08. The average Bonchev–Trinajstić information content (AvgIpc) is 2.52. The molecule has 1 unspecified atom stereocenters. The van der Waals surface area contributed by atoms with Gasteiger partial charge < -0.3 is 9.33 Å². The van der Waals surface area contributed by atoms with E-state index in [2.05, 4.69) is 101 Å². The van der Waals surface area contributed by atoms with Crippen molar-refractivity contribution >= 4 is 25.0 Å². The Morgan fingerprint density at radius 1 is 1.04 bits per heavy atom. The van der Waals surface area contributed by atoms with Crippen LogP contribution >= 0.6 is 0 Å². The number of benzene rings is 2. The van der Waals surface area contributed by atoms with Gasteiger partial charge in [-0.25, -0.2) is 0 Å². The van der Waals surface area contributed by atoms with Crippen molar-refractivity contribution < 1.29 is 4.43 Å². The van der Waals surface area contributed by atoms with Gasteiger partial charge >= 0.3 is 0 Å². The van der Waals surface area contributed by atoms with E-state index in [1.807, 2.05) is 0 Å². The number of hydrogen-bond donors (Lipinski definition) is 0. The molecular weight excluding hydrogens is 310 g/mol. The topological polar surface area (TPSA) is 12.5 Å². The molecule has 0 bridgehead atoms. The third-order valence-electron chi connectivity index (χ3n) is 3.92. The van der Waals surface area contributed by atoms with Crippen LogP contribution in [0.15, 0.2) is 61.2 Å². The summed E-state index contributed by atoms with van der Waals surface area (Å²) < 4.78 is 6.72. The second-order valence-electron chi connectivity index (χ2n) is 7.31. The lowest BCUT2D eigenvalue weighted by Crippen LogP contribution is -2.52. The van der Waals surface area contributed by atoms with Crippen molar-refractivity contribution in [1.29, 1.82) is 0 Å². The molecule has 128 valence electrons. The van der Waals surface area contributed by atoms with Crippen molar-refractivity contribution in [2.75, 3.05) is 20.6 Å². The summed E-state index contributed by atoms with van der Waals surface area (Å²) in [6.45, 7) is 11.4. The SMILES string of the molecule is C=C(C)c1cccc([SiH](OC(C)(C)CN(C)C)c2ccccc2)c1. The molecule has 0 radical (unpaired) electrons. The standard InChI is InChI=1S/C21H29NOSi/c1-17(2)18-11-10-14-20(15-18)24(19-12-8-7-9-13-19)23-21(3,4)16-22(5)6/h7-15,24H,1,16H2,2-6H3. The zero-order valence-electron chi connectivity index (χ0n) is 15.5. The predicted molar refractivity (Wildman–Crippen MR) is 108 cm³/mol. The van der Waals surface area contributed by atoms with Gasteiger partial charge in [-0.3, -0.25) is 0 Å². The van der Waals surface area contributed by atoms with Crippen LogP contribution in [-0.4, -0.2) is 40.2 Å². The fourth-order valence-corrected chi connectivity index (χ4v) is 5.60. The lowest BCUT2D eigenvalue weighted by atomic mass is 10.1. The molecule has 0 aliphatic rings. The third-order valence-corrected chi connectivity index (χ3v) is 6.75. The monoisotopic (exact) mass is 339 g/mol. The van der Waals surface area contributed by atoms with E-state index in [-0.39, 0.29) is 5.60 Å². The molecule has 2 aromatic rings. The number of nitrogens with zero attached hydrogens (tertiary/aromatic N) is 1. The van der Waals surface area contributed by atoms with Crippen molar-refractivity contribution in [3.8, 4) is 0 Å². The van der Waals surface area contributed by atoms with Gasteiger partial charge in [0.05, 0.1) is 5.60 Å². The van der Waals surface area contributed by atoms with Crippen LogP contribution < -0.4 is 10.4 Å². The Balaban J connectivity index is 2.41. The first kappa shape index (κ1) is 18.7. The molecule has 3 heteroatoms. The molecular formula is C21H29NOSi. The normalized spacial score (nSPS) is 13.1. The quantitative estimate of drug-likeness (QED) is 0.719. The highest BCUT2D eigenvalue weighted by Crippen LogP contribution is 2.14. The largest absolute Gasteiger partial charge is 0.405 e. The minimum Gasteiger partial charge on any atom is -0.405 e. The second-order valence-corrected chi connectivity index (χ2v) is 9.64. The van der Waals surface area contributed by atoms with Crippen LogP contribution in [0.25, 0.3) is 5.57 Å². The van der Waals surface area contributed by atoms with Crippen LogP contribution in [-0.2, 0) is 4.43 Å². The fourth-order valence-electron chi connectivity index (χ4n) is 3.04. The van der Waals surface area contributed by atoms with Gasteiger partial charge in [-0.15, -0.1) is 0 Å². The number of allylic oxidation sites excluding steroid dienone is 1. The zero-order chi connectivity index (χ0) is 17.7. The van der Waals surface area contributed by atoms with Crippen LogP contribution in [0.5, 0.6) is 0 Å². The van der Waals surface area contributed by atoms with Crippen molar-refractivity contribution in [2.24, 2.45) is 0 Å². The van der Waals surface area contributed by atoms with E-state index >= 15 is 0 Å². The van der Waals surface area contributed by atoms with Crippen LogP contribution in [0.4, 0.5) is 0 Å². The second kappa shape index (κ2) is 7.93. The molecule has 0 saturated heterocycles. The van der Waals surface area contributed by atoms with Crippen molar-refractivity contribution in [3.05, 3.63) is 66.7 Å². The van der Waals surface area contributed by atoms with E-state index in [4.69, 9.17) is 4.43 Å². The first-order valence-electron chi connectivity index (χ1n) is 8.42. The molecule has 0 heterocycles. The molecule has 0 fully saturated rings. The van der Waals surface area contributed by atoms with Gasteiger partial charge in [0.15, 0.2) is 0 Å². The maximum absolute atomic E-state index is 6.72. The summed E-state index contributed by atoms with van der Waals surface area (Å²) in [5, 5.41) is 2.61. The molecule has 0 spiro atoms. The highest BCUT2D eigenvalue weighted by molar-refractivity contribution is 6.80. The molecule has 0 aromatic heterocycles. The maximum Gasteiger partial charge on any atom is 0.240 e. The Morgan fingerprint density at radius 3 is 2.25 bits per heavy atom. The van der Waals surface area contributed by atoms with Crippen LogP contribution in [0.3, 0.4) is 0 Å². The van der Waals surface area contributed by atoms with Crippen LogP contribution in [0.1, 0.15) is 26.3 Å². The van der Waals surface area contributed by atoms with Gasteiger partial charge in [0.2, 0.25) is 9.04 Å². The van der Waals surface area contributed by atoms with Crippen molar-refractivity contribution in [1.82, 2.24) is 4.90 Å². The van der Waals surface area contributed by atoms with Gasteiger partial charge in [-0.05, 0) is 50.8 Å². The molecule has 0 amide bonds. The summed E-state index contributed by atoms with van der Waals surface area (Å²) in [6.07, 6.45) is 0. The molecule has 0 N–H and O–H groups in total. The Hall–Kier alpha value is -1.68. The van der Waals surface area contributed by atoms with E-state index < -0.39 is 9.04 Å². The van der Waals surface area contributed by atoms with Crippen LogP contribution in [0, 0.1) is 0 Å². The summed E-state index contributed by atoms with van der Waals surface area (Å²) in [4.78, 5) is 2.18. The summed E-state index contributed by atoms with van der Waals surface area (Å²) in [6, 6.07) is 19.3. The molecule has 1 atom stereocenters. The molecule has 2 rings (SSSR count). The van der Waals surface area contributed by atoms with E-state index in [1.54, 1.807) is 0 Å². The highest BCUT2D eigenvalue weighted by Gasteiger charge is 2.28. The molecule has 2 nitrogen and oxygen atoms in total. The molecule has 24 heavy (non-hydrogen) atoms. The Morgan fingerprint density at radius 2 is 1.67 bits per heavy atom. The Labute approximate surface area is 148 Å². The van der Waals surface area contributed by atoms with E-state index in [0.29, 0.717) is 0 Å². The molecule has 0 aliphatic heterocycles. The zero-order valence-corrected chi connectivity index (χ0v) is 16.7. The Kier molecular flexibility index (Phi) is 6.16. The van der Waals surface area contributed by atoms with Gasteiger partial charge in [0.1, 0.15) is 0 Å². The molecule has 2 aromatic carbocycles. The Bertz CT molecular complexity index is 679. The minimum atomic E-state index is -1.77. The average molecular weight is 340 g/mol. The smallest absolute Gasteiger partial charge is 0.240 e. The lowest BCUT2D eigenvalue weighted by molar-refractivity contribution is 0.0803. The van der Waals surface area contributed by atoms with Crippen molar-refractivity contribution in [2.45, 2.75) is 26.4 Å². The fraction of sp³-hybridized carbons (Fsp3) is 0.333. The first-order chi connectivity index (χ1) is 11.3. The van der Waals surface area contributed by atoms with Crippen LogP contribution in [0.2, 0.25) is 0 Å². The third kappa shape index (κ3) is 5.16. The van der Waals surface area contributed by atoms with Crippen molar-refractivity contribution in [3.63, 3.8) is 0 Å². The van der Waals surface area contributed by atoms with Gasteiger partial charge in [0, 0.05) is 6.54 Å². The van der Waals surface area contributed by atoms with E-state index in [1.165, 1.54) is 15.9 Å². The lowest BCUT2D eigenvalue weighted by Gasteiger charge is -2.33. The number of rotatable bonds is 7. The van der Waals surface area contributed by atoms with E-state index in [0.717, 1.165) is 12.1 Å². The number of hydrogen-bond acceptors (Lipinski definition) is 2. The summed E-state index contributed by atoms with van der Waals surface area (Å²) >= 11 is 0. The minimum absolute atomic E-state index is 0.199. The molecule has 0 saturated carbocycles. The summed E-state index contributed by atoms with van der Waals surface area (Å²) in [7, 11) is 2.41. The highest BCUT2D eigenvalue weighted by atomic mass is 28.3. The number of likely N-dealkylation sites (N-methyl/N-ethyl adjacent to an activating group) is 1. The summed E-state index contributed by atoms with van der Waals surface area (Å²) in [5.74, 6) is 0. The predicted octanol–water partition coefficient (Wildman–Crippen LogP) is 2.91. The van der Waals surface area contributed by atoms with Gasteiger partial charge in [-0.1, -0.05) is 66.7 Å². The molecule has 0 aliphatic carbocycles. The maximum atomic E-state index is 6.72. The first-order valence-corrected chi connectivity index (χ1v) is 10.0. The van der Waals surface area contributed by atoms with E-state index in [9.17, 15) is 0 Å². The van der Waals surface area contributed by atoms with Gasteiger partial charge in [-0.2, -0.15) is 0 Å². The van der Waals surface area contributed by atoms with Gasteiger partial charge in [0.25, 0.3) is 0 Å².